The molecule has 0 aliphatic heterocycles. The molecule has 562 valence electrons. The first kappa shape index (κ1) is 72.4. The molecule has 19 aromatic carbocycles. The van der Waals surface area contributed by atoms with Crippen LogP contribution >= 0.6 is 22.7 Å². The summed E-state index contributed by atoms with van der Waals surface area (Å²) in [5, 5.41) is 20.7. The number of furan rings is 1. The summed E-state index contributed by atoms with van der Waals surface area (Å²) < 4.78 is 11.6. The Kier molecular flexibility index (Phi) is 19.1. The van der Waals surface area contributed by atoms with Gasteiger partial charge in [-0.05, 0) is 177 Å². The zero-order chi connectivity index (χ0) is 79.1. The minimum absolute atomic E-state index is 0.873. The van der Waals surface area contributed by atoms with Crippen LogP contribution in [0.3, 0.4) is 0 Å². The van der Waals surface area contributed by atoms with Crippen molar-refractivity contribution in [1.82, 2.24) is 0 Å². The Morgan fingerprint density at radius 2 is 0.479 bits per heavy atom. The summed E-state index contributed by atoms with van der Waals surface area (Å²) in [4.78, 5) is 4.87. The monoisotopic (exact) mass is 1590 g/mol. The van der Waals surface area contributed by atoms with Gasteiger partial charge >= 0.3 is 0 Å². The number of rotatable bonds is 17. The van der Waals surface area contributed by atoms with E-state index >= 15 is 0 Å². The molecule has 0 radical (unpaired) electrons. The highest BCUT2D eigenvalue weighted by Crippen LogP contribution is 2.46. The normalized spacial score (nSPS) is 11.7. The number of benzene rings is 19. The molecular weight excluding hydrogens is 1510 g/mol. The first-order valence-corrected chi connectivity index (χ1v) is 46.3. The molecule has 0 atom stereocenters. The molecule has 3 nitrogen and oxygen atoms in total. The molecule has 0 bridgehead atoms. The third-order valence-corrected chi connectivity index (χ3v) is 35.6. The molecule has 3 aromatic heterocycles. The fraction of sp³-hybridized carbons (Fsp3) is 0. The van der Waals surface area contributed by atoms with E-state index in [1.54, 1.807) is 0 Å². The van der Waals surface area contributed by atoms with E-state index in [0.717, 1.165) is 56.1 Å². The highest BCUT2D eigenvalue weighted by Gasteiger charge is 2.43. The van der Waals surface area contributed by atoms with Gasteiger partial charge in [0.15, 0.2) is 16.1 Å². The van der Waals surface area contributed by atoms with Crippen LogP contribution in [0, 0.1) is 0 Å². The minimum atomic E-state index is -2.79. The lowest BCUT2D eigenvalue weighted by atomic mass is 9.98. The van der Waals surface area contributed by atoms with E-state index in [-0.39, 0.29) is 0 Å². The fourth-order valence-corrected chi connectivity index (χ4v) is 30.3. The molecule has 0 N–H and O–H groups in total. The molecule has 0 aliphatic carbocycles. The van der Waals surface area contributed by atoms with E-state index < -0.39 is 16.1 Å². The molecule has 0 fully saturated rings. The van der Waals surface area contributed by atoms with Crippen LogP contribution in [0.5, 0.6) is 0 Å². The minimum Gasteiger partial charge on any atom is -0.456 e. The highest BCUT2D eigenvalue weighted by molar-refractivity contribution is 7.26. The maximum Gasteiger partial charge on any atom is 0.179 e. The summed E-state index contributed by atoms with van der Waals surface area (Å²) in [6.07, 6.45) is 0. The van der Waals surface area contributed by atoms with Gasteiger partial charge in [-0.1, -0.05) is 376 Å². The zero-order valence-electron chi connectivity index (χ0n) is 65.2. The summed E-state index contributed by atoms with van der Waals surface area (Å²) >= 11 is 3.73. The van der Waals surface area contributed by atoms with Crippen LogP contribution in [0.4, 0.5) is 34.1 Å². The van der Waals surface area contributed by atoms with Crippen LogP contribution in [-0.4, -0.2) is 16.1 Å². The van der Waals surface area contributed by atoms with E-state index in [2.05, 4.69) is 477 Å². The van der Waals surface area contributed by atoms with Gasteiger partial charge in [-0.15, -0.1) is 22.7 Å². The van der Waals surface area contributed by atoms with Crippen LogP contribution in [0.1, 0.15) is 0 Å². The topological polar surface area (TPSA) is 19.6 Å². The number of hydrogen-bond donors (Lipinski definition) is 0. The van der Waals surface area contributed by atoms with Crippen LogP contribution in [0.25, 0.3) is 106 Å². The van der Waals surface area contributed by atoms with E-state index in [4.69, 9.17) is 4.42 Å². The number of fused-ring (bicyclic) bond motifs is 10. The van der Waals surface area contributed by atoms with Crippen molar-refractivity contribution in [2.24, 2.45) is 0 Å². The Hall–Kier alpha value is -14.3. The first-order valence-electron chi connectivity index (χ1n) is 40.7. The Balaban J connectivity index is 0.000000148. The molecule has 0 saturated carbocycles. The first-order chi connectivity index (χ1) is 59.0. The molecule has 0 unspecified atom stereocenters. The molecule has 7 heteroatoms. The lowest BCUT2D eigenvalue weighted by molar-refractivity contribution is 0.669. The van der Waals surface area contributed by atoms with E-state index in [1.807, 2.05) is 28.7 Å². The summed E-state index contributed by atoms with van der Waals surface area (Å²) in [6, 6.07) is 174. The van der Waals surface area contributed by atoms with Gasteiger partial charge in [0.05, 0.1) is 0 Å². The number of anilines is 6. The molecule has 22 aromatic rings. The zero-order valence-corrected chi connectivity index (χ0v) is 68.8. The molecular formula is C112H78N2OS2Si2. The third kappa shape index (κ3) is 13.2. The van der Waals surface area contributed by atoms with E-state index in [0.29, 0.717) is 0 Å². The summed E-state index contributed by atoms with van der Waals surface area (Å²) in [6.45, 7) is 0. The summed E-state index contributed by atoms with van der Waals surface area (Å²) in [5.41, 5.74) is 15.8. The second-order valence-corrected chi connectivity index (χ2v) is 40.3. The molecule has 0 spiro atoms. The highest BCUT2D eigenvalue weighted by atomic mass is 32.1. The lowest BCUT2D eigenvalue weighted by Gasteiger charge is -2.35. The maximum atomic E-state index is 6.51. The van der Waals surface area contributed by atoms with Gasteiger partial charge in [0.2, 0.25) is 0 Å². The van der Waals surface area contributed by atoms with Crippen molar-refractivity contribution in [3.8, 4) is 33.4 Å². The Bertz CT molecular complexity index is 7210. The number of para-hydroxylation sites is 1. The Morgan fingerprint density at radius 3 is 0.924 bits per heavy atom. The quantitative estimate of drug-likeness (QED) is 0.0669. The molecule has 22 rings (SSSR count). The summed E-state index contributed by atoms with van der Waals surface area (Å²) in [7, 11) is -5.57. The predicted octanol–water partition coefficient (Wildman–Crippen LogP) is 25.9. The van der Waals surface area contributed by atoms with Gasteiger partial charge in [-0.25, -0.2) is 0 Å². The lowest BCUT2D eigenvalue weighted by Crippen LogP contribution is -2.74. The Morgan fingerprint density at radius 1 is 0.176 bits per heavy atom. The average Bonchev–Trinajstić information content (AvgIpc) is 0.925. The van der Waals surface area contributed by atoms with E-state index in [9.17, 15) is 0 Å². The fourth-order valence-electron chi connectivity index (χ4n) is 18.3. The van der Waals surface area contributed by atoms with Gasteiger partial charge in [0.25, 0.3) is 0 Å². The van der Waals surface area contributed by atoms with Crippen molar-refractivity contribution in [2.45, 2.75) is 0 Å². The maximum absolute atomic E-state index is 6.51. The largest absolute Gasteiger partial charge is 0.456 e. The van der Waals surface area contributed by atoms with Crippen molar-refractivity contribution in [1.29, 1.82) is 0 Å². The van der Waals surface area contributed by atoms with Crippen molar-refractivity contribution in [2.75, 3.05) is 9.80 Å². The number of thiophene rings is 2. The van der Waals surface area contributed by atoms with Crippen molar-refractivity contribution in [3.63, 3.8) is 0 Å². The molecule has 0 aliphatic rings. The SMILES string of the molecule is c1ccc(-c2ccc3c(c2)sc2cc(N(c4ccc(-c5cccc6ccccc56)cc4)c4cccc([Si](c5ccccc5)(c5ccccc5)c5ccccc5)c4)ccc23)cc1.c1ccc(-c2ccc3c(c2)sc2cc(N(c4cccc([Si](c5ccccc5)(c5ccccc5)c5ccccc5)c4)c4ccc5c(c4)oc4ccccc45)ccc23)cc1. The van der Waals surface area contributed by atoms with E-state index in [1.165, 1.54) is 126 Å². The van der Waals surface area contributed by atoms with Gasteiger partial charge in [-0.3, -0.25) is 0 Å². The second-order valence-electron chi connectivity index (χ2n) is 30.5. The third-order valence-electron chi connectivity index (χ3n) is 23.8. The van der Waals surface area contributed by atoms with Gasteiger partial charge in [-0.2, -0.15) is 0 Å². The molecule has 0 amide bonds. The van der Waals surface area contributed by atoms with Crippen molar-refractivity contribution < 1.29 is 4.42 Å². The van der Waals surface area contributed by atoms with Crippen LogP contribution in [0.2, 0.25) is 0 Å². The Labute approximate surface area is 702 Å². The van der Waals surface area contributed by atoms with Crippen LogP contribution in [-0.2, 0) is 0 Å². The molecule has 119 heavy (non-hydrogen) atoms. The smallest absolute Gasteiger partial charge is 0.179 e. The van der Waals surface area contributed by atoms with Crippen molar-refractivity contribution in [3.05, 3.63) is 473 Å². The molecule has 3 heterocycles. The van der Waals surface area contributed by atoms with Crippen LogP contribution < -0.4 is 51.3 Å². The van der Waals surface area contributed by atoms with Gasteiger partial charge in [0, 0.05) is 91.3 Å². The van der Waals surface area contributed by atoms with Crippen molar-refractivity contribution >= 4 is 187 Å². The second kappa shape index (κ2) is 31.4. The number of nitrogens with zero attached hydrogens (tertiary/aromatic N) is 2. The predicted molar refractivity (Wildman–Crippen MR) is 516 cm³/mol. The standard InChI is InChI=1S/C58H41NSSi.C54H37NOSSi/c1-5-17-42(18-6-1)45-33-37-55-56-38-36-48(41-58(56)60-57(55)39-45)59(46-34-31-44(32-35-46)54-30-15-20-43-19-13-14-29-53(43)54)47-21-16-28-52(40-47)61(49-22-7-2-8-23-49,50-24-9-3-10-25-50)51-26-11-4-12-27-51;1-5-16-38(17-6-1)39-28-31-49-50-33-30-42(37-54(50)57-53(49)34-39)55(41-29-32-48-47-26-13-14-27-51(47)56-52(48)36-41)40-18-15-25-46(35-40)58(43-19-7-2-8-20-43,44-21-9-3-10-22-44)45-23-11-4-12-24-45/h1-41H;1-37H. The van der Waals surface area contributed by atoms with Gasteiger partial charge < -0.3 is 14.2 Å². The van der Waals surface area contributed by atoms with Gasteiger partial charge in [0.1, 0.15) is 11.2 Å². The number of hydrogen-bond acceptors (Lipinski definition) is 5. The average molecular weight is 1590 g/mol. The molecule has 0 saturated heterocycles. The van der Waals surface area contributed by atoms with Crippen LogP contribution in [0.15, 0.2) is 478 Å². The summed E-state index contributed by atoms with van der Waals surface area (Å²) in [5.74, 6) is 0.